The van der Waals surface area contributed by atoms with Gasteiger partial charge in [-0.25, -0.2) is 4.79 Å². The van der Waals surface area contributed by atoms with Gasteiger partial charge >= 0.3 is 18.1 Å². The lowest BCUT2D eigenvalue weighted by Crippen LogP contribution is -2.29. The highest BCUT2D eigenvalue weighted by molar-refractivity contribution is 5.96. The van der Waals surface area contributed by atoms with Gasteiger partial charge in [0.05, 0.1) is 0 Å². The summed E-state index contributed by atoms with van der Waals surface area (Å²) in [6.07, 6.45) is -5.03. The summed E-state index contributed by atoms with van der Waals surface area (Å²) in [5.74, 6) is -5.33. The van der Waals surface area contributed by atoms with Gasteiger partial charge in [-0.1, -0.05) is 19.1 Å². The van der Waals surface area contributed by atoms with E-state index in [4.69, 9.17) is 5.11 Å². The van der Waals surface area contributed by atoms with E-state index in [0.29, 0.717) is 0 Å². The molecule has 21 heavy (non-hydrogen) atoms. The van der Waals surface area contributed by atoms with Gasteiger partial charge in [0.1, 0.15) is 0 Å². The molecule has 0 unspecified atom stereocenters. The fraction of sp³-hybridized carbons (Fsp3) is 0.231. The monoisotopic (exact) mass is 305 g/mol. The molecule has 4 nitrogen and oxygen atoms in total. The summed E-state index contributed by atoms with van der Waals surface area (Å²) < 4.78 is 49.9. The van der Waals surface area contributed by atoms with Gasteiger partial charge in [0.15, 0.2) is 0 Å². The van der Waals surface area contributed by atoms with E-state index in [9.17, 15) is 27.2 Å². The third kappa shape index (κ3) is 4.30. The Morgan fingerprint density at radius 2 is 1.90 bits per heavy atom. The van der Waals surface area contributed by atoms with Crippen LogP contribution in [0.4, 0.5) is 23.2 Å². The molecule has 0 bridgehead atoms. The van der Waals surface area contributed by atoms with Crippen LogP contribution in [0, 0.1) is 0 Å². The first-order valence-electron chi connectivity index (χ1n) is 5.77. The van der Waals surface area contributed by atoms with Crippen molar-refractivity contribution in [3.05, 3.63) is 35.7 Å². The van der Waals surface area contributed by atoms with E-state index in [1.54, 1.807) is 5.32 Å². The molecule has 0 fully saturated rings. The third-order valence-electron chi connectivity index (χ3n) is 2.53. The minimum atomic E-state index is -5.05. The normalized spacial score (nSPS) is 12.6. The van der Waals surface area contributed by atoms with Crippen molar-refractivity contribution in [1.29, 1.82) is 0 Å². The Hall–Kier alpha value is -2.38. The van der Waals surface area contributed by atoms with Crippen LogP contribution in [0.3, 0.4) is 0 Å². The maximum absolute atomic E-state index is 13.5. The van der Waals surface area contributed by atoms with Gasteiger partial charge < -0.3 is 10.4 Å². The fourth-order valence-electron chi connectivity index (χ4n) is 1.60. The third-order valence-corrected chi connectivity index (χ3v) is 2.53. The molecule has 0 aromatic heterocycles. The van der Waals surface area contributed by atoms with E-state index in [0.717, 1.165) is 6.07 Å². The maximum atomic E-state index is 13.5. The summed E-state index contributed by atoms with van der Waals surface area (Å²) in [5.41, 5.74) is -0.304. The average Bonchev–Trinajstić information content (AvgIpc) is 2.38. The largest absolute Gasteiger partial charge is 0.476 e. The Morgan fingerprint density at radius 3 is 2.38 bits per heavy atom. The Balaban J connectivity index is 3.14. The molecule has 0 aliphatic rings. The molecule has 114 valence electrons. The summed E-state index contributed by atoms with van der Waals surface area (Å²) in [7, 11) is 0. The van der Waals surface area contributed by atoms with Crippen LogP contribution < -0.4 is 5.32 Å². The number of carbonyl (C=O) groups excluding carboxylic acids is 1. The number of halogens is 4. The molecule has 0 spiro atoms. The van der Waals surface area contributed by atoms with Crippen LogP contribution in [0.5, 0.6) is 0 Å². The molecule has 1 aromatic rings. The van der Waals surface area contributed by atoms with E-state index in [1.165, 1.54) is 25.1 Å². The number of alkyl halides is 3. The molecule has 0 aliphatic carbocycles. The molecule has 1 amide bonds. The predicted octanol–water partition coefficient (Wildman–Crippen LogP) is 3.36. The standard InChI is InChI=1S/C13H11F4NO3/c1-2-9(10(14)11(19)20)7-4-3-5-8(6-7)18-12(21)13(15,16)17/h3-6H,2H2,1H3,(H,18,21)(H,19,20). The van der Waals surface area contributed by atoms with Gasteiger partial charge in [-0.2, -0.15) is 17.6 Å². The van der Waals surface area contributed by atoms with Crippen molar-refractivity contribution in [2.75, 3.05) is 5.32 Å². The summed E-state index contributed by atoms with van der Waals surface area (Å²) >= 11 is 0. The predicted molar refractivity (Wildman–Crippen MR) is 67.1 cm³/mol. The minimum absolute atomic E-state index is 0.0226. The highest BCUT2D eigenvalue weighted by atomic mass is 19.4. The summed E-state index contributed by atoms with van der Waals surface area (Å²) in [6.45, 7) is 1.50. The van der Waals surface area contributed by atoms with E-state index >= 15 is 0 Å². The molecule has 1 rings (SSSR count). The van der Waals surface area contributed by atoms with E-state index < -0.39 is 23.9 Å². The van der Waals surface area contributed by atoms with Crippen LogP contribution in [0.1, 0.15) is 18.9 Å². The van der Waals surface area contributed by atoms with Crippen LogP contribution >= 0.6 is 0 Å². The zero-order valence-corrected chi connectivity index (χ0v) is 10.8. The SMILES string of the molecule is CCC(=C(F)C(=O)O)c1cccc(NC(=O)C(F)(F)F)c1. The number of carbonyl (C=O) groups is 2. The van der Waals surface area contributed by atoms with Crippen molar-refractivity contribution in [3.63, 3.8) is 0 Å². The molecule has 0 aliphatic heterocycles. The molecule has 0 radical (unpaired) electrons. The van der Waals surface area contributed by atoms with Crippen LogP contribution in [-0.4, -0.2) is 23.2 Å². The highest BCUT2D eigenvalue weighted by Crippen LogP contribution is 2.26. The lowest BCUT2D eigenvalue weighted by Gasteiger charge is -2.10. The number of anilines is 1. The molecule has 0 saturated heterocycles. The average molecular weight is 305 g/mol. The molecular weight excluding hydrogens is 294 g/mol. The zero-order valence-electron chi connectivity index (χ0n) is 10.8. The van der Waals surface area contributed by atoms with Crippen LogP contribution in [-0.2, 0) is 9.59 Å². The maximum Gasteiger partial charge on any atom is 0.471 e. The number of carboxylic acid groups (broad SMARTS) is 1. The number of carboxylic acids is 1. The molecule has 8 heteroatoms. The Labute approximate surface area is 117 Å². The van der Waals surface area contributed by atoms with Crippen LogP contribution in [0.2, 0.25) is 0 Å². The van der Waals surface area contributed by atoms with Crippen molar-refractivity contribution in [2.45, 2.75) is 19.5 Å². The lowest BCUT2D eigenvalue weighted by molar-refractivity contribution is -0.167. The Bertz CT molecular complexity index is 593. The zero-order chi connectivity index (χ0) is 16.2. The van der Waals surface area contributed by atoms with Crippen molar-refractivity contribution >= 4 is 23.1 Å². The van der Waals surface area contributed by atoms with Crippen LogP contribution in [0.25, 0.3) is 5.57 Å². The number of allylic oxidation sites excluding steroid dienone is 1. The molecule has 1 aromatic carbocycles. The topological polar surface area (TPSA) is 66.4 Å². The van der Waals surface area contributed by atoms with Crippen molar-refractivity contribution < 1.29 is 32.3 Å². The van der Waals surface area contributed by atoms with E-state index in [1.807, 2.05) is 0 Å². The summed E-state index contributed by atoms with van der Waals surface area (Å²) in [4.78, 5) is 21.4. The molecule has 0 heterocycles. The second-order valence-electron chi connectivity index (χ2n) is 3.98. The second kappa shape index (κ2) is 6.38. The van der Waals surface area contributed by atoms with Crippen molar-refractivity contribution in [3.8, 4) is 0 Å². The first kappa shape index (κ1) is 16.7. The van der Waals surface area contributed by atoms with Crippen LogP contribution in [0.15, 0.2) is 30.1 Å². The quantitative estimate of drug-likeness (QED) is 0.662. The van der Waals surface area contributed by atoms with Crippen molar-refractivity contribution in [1.82, 2.24) is 0 Å². The van der Waals surface area contributed by atoms with Gasteiger partial charge in [0.2, 0.25) is 5.83 Å². The fourth-order valence-corrected chi connectivity index (χ4v) is 1.60. The second-order valence-corrected chi connectivity index (χ2v) is 3.98. The molecule has 0 saturated carbocycles. The van der Waals surface area contributed by atoms with Gasteiger partial charge in [0, 0.05) is 11.3 Å². The first-order chi connectivity index (χ1) is 9.66. The number of benzene rings is 1. The van der Waals surface area contributed by atoms with E-state index in [-0.39, 0.29) is 23.2 Å². The number of nitrogens with one attached hydrogen (secondary N) is 1. The van der Waals surface area contributed by atoms with Gasteiger partial charge in [-0.05, 0) is 24.1 Å². The smallest absolute Gasteiger partial charge is 0.471 e. The number of rotatable bonds is 4. The Kier molecular flexibility index (Phi) is 5.07. The van der Waals surface area contributed by atoms with Crippen molar-refractivity contribution in [2.24, 2.45) is 0 Å². The Morgan fingerprint density at radius 1 is 1.29 bits per heavy atom. The highest BCUT2D eigenvalue weighted by Gasteiger charge is 2.38. The number of amides is 1. The van der Waals surface area contributed by atoms with Gasteiger partial charge in [-0.15, -0.1) is 0 Å². The lowest BCUT2D eigenvalue weighted by atomic mass is 10.0. The number of hydrogen-bond acceptors (Lipinski definition) is 2. The minimum Gasteiger partial charge on any atom is -0.476 e. The van der Waals surface area contributed by atoms with Gasteiger partial charge in [-0.3, -0.25) is 4.79 Å². The van der Waals surface area contributed by atoms with Gasteiger partial charge in [0.25, 0.3) is 0 Å². The molecular formula is C13H11F4NO3. The summed E-state index contributed by atoms with van der Waals surface area (Å²) in [6, 6.07) is 4.88. The molecule has 2 N–H and O–H groups in total. The summed E-state index contributed by atoms with van der Waals surface area (Å²) in [5, 5.41) is 10.2. The van der Waals surface area contributed by atoms with E-state index in [2.05, 4.69) is 0 Å². The first-order valence-corrected chi connectivity index (χ1v) is 5.77. The molecule has 0 atom stereocenters. The number of hydrogen-bond donors (Lipinski definition) is 2. The number of aliphatic carboxylic acids is 1.